The maximum Gasteiger partial charge on any atom is 0.236 e. The van der Waals surface area contributed by atoms with Gasteiger partial charge in [-0.05, 0) is 17.7 Å². The Labute approximate surface area is 127 Å². The van der Waals surface area contributed by atoms with E-state index in [1.165, 1.54) is 5.56 Å². The number of hydrogen-bond acceptors (Lipinski definition) is 4. The zero-order valence-electron chi connectivity index (χ0n) is 13.2. The molecule has 1 fully saturated rings. The molecule has 1 aliphatic rings. The fraction of sp³-hybridized carbons (Fsp3) is 0.562. The fourth-order valence-electron chi connectivity index (χ4n) is 2.43. The maximum atomic E-state index is 11.7. The van der Waals surface area contributed by atoms with Crippen molar-refractivity contribution in [2.75, 3.05) is 53.9 Å². The quantitative estimate of drug-likeness (QED) is 0.807. The molecule has 0 bridgehead atoms. The molecule has 1 heterocycles. The van der Waals surface area contributed by atoms with Gasteiger partial charge >= 0.3 is 0 Å². The van der Waals surface area contributed by atoms with Crippen molar-refractivity contribution in [2.24, 2.45) is 0 Å². The van der Waals surface area contributed by atoms with E-state index in [0.29, 0.717) is 6.54 Å². The first-order valence-corrected chi connectivity index (χ1v) is 7.36. The second-order valence-corrected chi connectivity index (χ2v) is 5.69. The highest BCUT2D eigenvalue weighted by Crippen LogP contribution is 2.14. The van der Waals surface area contributed by atoms with Crippen LogP contribution < -0.4 is 4.74 Å². The van der Waals surface area contributed by atoms with E-state index in [2.05, 4.69) is 21.9 Å². The van der Waals surface area contributed by atoms with Crippen LogP contribution in [-0.2, 0) is 11.3 Å². The van der Waals surface area contributed by atoms with E-state index in [0.717, 1.165) is 38.5 Å². The zero-order chi connectivity index (χ0) is 15.2. The summed E-state index contributed by atoms with van der Waals surface area (Å²) in [5.41, 5.74) is 1.30. The summed E-state index contributed by atoms with van der Waals surface area (Å²) in [6.45, 7) is 5.41. The van der Waals surface area contributed by atoms with Gasteiger partial charge in [0.15, 0.2) is 0 Å². The summed E-state index contributed by atoms with van der Waals surface area (Å²) in [4.78, 5) is 18.0. The van der Waals surface area contributed by atoms with Crippen molar-refractivity contribution in [3.05, 3.63) is 29.8 Å². The number of carbonyl (C=O) groups is 1. The lowest BCUT2D eigenvalue weighted by atomic mass is 10.2. The Morgan fingerprint density at radius 1 is 1.10 bits per heavy atom. The van der Waals surface area contributed by atoms with E-state index in [1.54, 1.807) is 12.0 Å². The molecule has 1 saturated heterocycles. The molecule has 0 radical (unpaired) electrons. The molecule has 1 aliphatic heterocycles. The molecular formula is C16H25N3O2. The normalized spacial score (nSPS) is 16.7. The largest absolute Gasteiger partial charge is 0.497 e. The average Bonchev–Trinajstić information content (AvgIpc) is 2.50. The lowest BCUT2D eigenvalue weighted by Crippen LogP contribution is -2.48. The summed E-state index contributed by atoms with van der Waals surface area (Å²) in [6.07, 6.45) is 0. The Hall–Kier alpha value is -1.59. The molecule has 0 aromatic heterocycles. The van der Waals surface area contributed by atoms with Crippen LogP contribution in [-0.4, -0.2) is 74.5 Å². The molecule has 0 N–H and O–H groups in total. The molecule has 0 unspecified atom stereocenters. The molecule has 0 atom stereocenters. The second-order valence-electron chi connectivity index (χ2n) is 5.69. The van der Waals surface area contributed by atoms with Crippen LogP contribution in [0.3, 0.4) is 0 Å². The fourth-order valence-corrected chi connectivity index (χ4v) is 2.43. The van der Waals surface area contributed by atoms with Gasteiger partial charge in [0.2, 0.25) is 5.91 Å². The number of rotatable bonds is 5. The van der Waals surface area contributed by atoms with Gasteiger partial charge < -0.3 is 9.64 Å². The number of ether oxygens (including phenoxy) is 1. The Morgan fingerprint density at radius 2 is 1.67 bits per heavy atom. The molecule has 1 aromatic carbocycles. The maximum absolute atomic E-state index is 11.7. The minimum absolute atomic E-state index is 0.179. The van der Waals surface area contributed by atoms with Crippen LogP contribution >= 0.6 is 0 Å². The van der Waals surface area contributed by atoms with Gasteiger partial charge in [-0.25, -0.2) is 0 Å². The first kappa shape index (κ1) is 15.8. The van der Waals surface area contributed by atoms with E-state index in [4.69, 9.17) is 4.74 Å². The van der Waals surface area contributed by atoms with Crippen LogP contribution in [0.15, 0.2) is 24.3 Å². The molecular weight excluding hydrogens is 266 g/mol. The van der Waals surface area contributed by atoms with Gasteiger partial charge in [-0.15, -0.1) is 0 Å². The van der Waals surface area contributed by atoms with E-state index in [1.807, 2.05) is 26.2 Å². The summed E-state index contributed by atoms with van der Waals surface area (Å²) in [5.74, 6) is 1.07. The third-order valence-corrected chi connectivity index (χ3v) is 3.89. The van der Waals surface area contributed by atoms with Gasteiger partial charge in [-0.2, -0.15) is 0 Å². The average molecular weight is 291 g/mol. The van der Waals surface area contributed by atoms with Crippen LogP contribution in [0.1, 0.15) is 5.56 Å². The Kier molecular flexibility index (Phi) is 5.59. The number of piperazine rings is 1. The standard InChI is InChI=1S/C16H25N3O2/c1-17(2)16(20)13-19-10-8-18(9-11-19)12-14-4-6-15(21-3)7-5-14/h4-7H,8-13H2,1-3H3. The summed E-state index contributed by atoms with van der Waals surface area (Å²) in [7, 11) is 5.30. The van der Waals surface area contributed by atoms with Crippen LogP contribution in [0.5, 0.6) is 5.75 Å². The minimum Gasteiger partial charge on any atom is -0.497 e. The van der Waals surface area contributed by atoms with Crippen molar-refractivity contribution in [3.63, 3.8) is 0 Å². The Balaban J connectivity index is 1.77. The predicted octanol–water partition coefficient (Wildman–Crippen LogP) is 0.901. The molecule has 0 spiro atoms. The first-order chi connectivity index (χ1) is 10.1. The molecule has 1 amide bonds. The SMILES string of the molecule is COc1ccc(CN2CCN(CC(=O)N(C)C)CC2)cc1. The molecule has 116 valence electrons. The minimum atomic E-state index is 0.179. The van der Waals surface area contributed by atoms with E-state index in [9.17, 15) is 4.79 Å². The van der Waals surface area contributed by atoms with Gasteiger partial charge in [-0.3, -0.25) is 14.6 Å². The summed E-state index contributed by atoms with van der Waals surface area (Å²) in [5, 5.41) is 0. The van der Waals surface area contributed by atoms with E-state index in [-0.39, 0.29) is 5.91 Å². The summed E-state index contributed by atoms with van der Waals surface area (Å²) >= 11 is 0. The van der Waals surface area contributed by atoms with Crippen LogP contribution in [0.4, 0.5) is 0 Å². The number of methoxy groups -OCH3 is 1. The number of amides is 1. The molecule has 2 rings (SSSR count). The highest BCUT2D eigenvalue weighted by atomic mass is 16.5. The van der Waals surface area contributed by atoms with Gasteiger partial charge in [0.1, 0.15) is 5.75 Å². The monoisotopic (exact) mass is 291 g/mol. The van der Waals surface area contributed by atoms with Gasteiger partial charge in [-0.1, -0.05) is 12.1 Å². The molecule has 5 nitrogen and oxygen atoms in total. The molecule has 21 heavy (non-hydrogen) atoms. The predicted molar refractivity (Wildman–Crippen MR) is 83.4 cm³/mol. The van der Waals surface area contributed by atoms with Crippen molar-refractivity contribution < 1.29 is 9.53 Å². The van der Waals surface area contributed by atoms with Crippen molar-refractivity contribution in [1.82, 2.24) is 14.7 Å². The van der Waals surface area contributed by atoms with Crippen molar-refractivity contribution in [3.8, 4) is 5.75 Å². The summed E-state index contributed by atoms with van der Waals surface area (Å²) < 4.78 is 5.17. The first-order valence-electron chi connectivity index (χ1n) is 7.36. The Morgan fingerprint density at radius 3 is 2.19 bits per heavy atom. The van der Waals surface area contributed by atoms with E-state index >= 15 is 0 Å². The number of likely N-dealkylation sites (N-methyl/N-ethyl adjacent to an activating group) is 1. The second kappa shape index (κ2) is 7.43. The van der Waals surface area contributed by atoms with Gasteiger partial charge in [0.25, 0.3) is 0 Å². The lowest BCUT2D eigenvalue weighted by Gasteiger charge is -2.34. The van der Waals surface area contributed by atoms with Crippen LogP contribution in [0.2, 0.25) is 0 Å². The van der Waals surface area contributed by atoms with Crippen molar-refractivity contribution in [1.29, 1.82) is 0 Å². The van der Waals surface area contributed by atoms with Crippen molar-refractivity contribution >= 4 is 5.91 Å². The Bertz CT molecular complexity index is 451. The number of carbonyl (C=O) groups excluding carboxylic acids is 1. The topological polar surface area (TPSA) is 36.0 Å². The molecule has 0 saturated carbocycles. The third kappa shape index (κ3) is 4.72. The molecule has 5 heteroatoms. The highest BCUT2D eigenvalue weighted by Gasteiger charge is 2.19. The number of benzene rings is 1. The molecule has 0 aliphatic carbocycles. The van der Waals surface area contributed by atoms with Gasteiger partial charge in [0.05, 0.1) is 13.7 Å². The van der Waals surface area contributed by atoms with Crippen LogP contribution in [0.25, 0.3) is 0 Å². The summed E-state index contributed by atoms with van der Waals surface area (Å²) in [6, 6.07) is 8.23. The van der Waals surface area contributed by atoms with Crippen LogP contribution in [0, 0.1) is 0 Å². The van der Waals surface area contributed by atoms with Gasteiger partial charge in [0, 0.05) is 46.8 Å². The highest BCUT2D eigenvalue weighted by molar-refractivity contribution is 5.77. The zero-order valence-corrected chi connectivity index (χ0v) is 13.2. The smallest absolute Gasteiger partial charge is 0.236 e. The molecule has 1 aromatic rings. The number of hydrogen-bond donors (Lipinski definition) is 0. The van der Waals surface area contributed by atoms with E-state index < -0.39 is 0 Å². The lowest BCUT2D eigenvalue weighted by molar-refractivity contribution is -0.130. The number of nitrogens with zero attached hydrogens (tertiary/aromatic N) is 3. The third-order valence-electron chi connectivity index (χ3n) is 3.89. The van der Waals surface area contributed by atoms with Crippen molar-refractivity contribution in [2.45, 2.75) is 6.54 Å².